The first-order chi connectivity index (χ1) is 12.6. The van der Waals surface area contributed by atoms with Gasteiger partial charge in [-0.25, -0.2) is 15.0 Å². The molecule has 2 aromatic rings. The van der Waals surface area contributed by atoms with Crippen molar-refractivity contribution >= 4 is 51.6 Å². The van der Waals surface area contributed by atoms with Crippen molar-refractivity contribution in [2.75, 3.05) is 23.3 Å². The second-order valence-electron chi connectivity index (χ2n) is 7.03. The summed E-state index contributed by atoms with van der Waals surface area (Å²) in [5.41, 5.74) is 8.07. The van der Waals surface area contributed by atoms with Gasteiger partial charge in [-0.1, -0.05) is 24.4 Å². The Balaban J connectivity index is 1.52. The second-order valence-corrected chi connectivity index (χ2v) is 8.55. The molecule has 1 aliphatic heterocycles. The zero-order valence-electron chi connectivity index (χ0n) is 14.5. The van der Waals surface area contributed by atoms with Crippen molar-refractivity contribution in [3.63, 3.8) is 0 Å². The van der Waals surface area contributed by atoms with Gasteiger partial charge in [0.1, 0.15) is 5.82 Å². The molecule has 0 radical (unpaired) electrons. The molecule has 138 valence electrons. The monoisotopic (exact) mass is 484 g/mol. The Labute approximate surface area is 172 Å². The average Bonchev–Trinajstić information content (AvgIpc) is 3.29. The van der Waals surface area contributed by atoms with Gasteiger partial charge in [0.25, 0.3) is 0 Å². The van der Waals surface area contributed by atoms with Gasteiger partial charge < -0.3 is 16.0 Å². The normalized spacial score (nSPS) is 20.7. The number of rotatable bonds is 4. The highest BCUT2D eigenvalue weighted by Gasteiger charge is 2.23. The van der Waals surface area contributed by atoms with E-state index in [0.29, 0.717) is 22.8 Å². The molecule has 1 atom stereocenters. The molecule has 2 fully saturated rings. The van der Waals surface area contributed by atoms with Gasteiger partial charge in [-0.05, 0) is 54.0 Å². The van der Waals surface area contributed by atoms with Crippen molar-refractivity contribution < 1.29 is 0 Å². The molecule has 1 saturated heterocycles. The molecule has 0 aromatic carbocycles. The van der Waals surface area contributed by atoms with Gasteiger partial charge >= 0.3 is 0 Å². The minimum Gasteiger partial charge on any atom is -0.367 e. The lowest BCUT2D eigenvalue weighted by molar-refractivity contribution is 0.690. The maximum absolute atomic E-state index is 6.41. The molecule has 1 unspecified atom stereocenters. The van der Waals surface area contributed by atoms with Crippen LogP contribution in [0.5, 0.6) is 0 Å². The minimum absolute atomic E-state index is 0.207. The van der Waals surface area contributed by atoms with Crippen LogP contribution in [0.1, 0.15) is 43.7 Å². The molecule has 6 nitrogen and oxygen atoms in total. The van der Waals surface area contributed by atoms with E-state index < -0.39 is 0 Å². The topological polar surface area (TPSA) is 80.0 Å². The number of pyridine rings is 1. The van der Waals surface area contributed by atoms with Crippen molar-refractivity contribution in [3.05, 3.63) is 32.7 Å². The molecule has 1 saturated carbocycles. The lowest BCUT2D eigenvalue weighted by Gasteiger charge is -2.19. The summed E-state index contributed by atoms with van der Waals surface area (Å²) < 4.78 is 1.13. The Morgan fingerprint density at radius 2 is 2.00 bits per heavy atom. The molecule has 3 heterocycles. The number of halogens is 2. The summed E-state index contributed by atoms with van der Waals surface area (Å²) in [6, 6.07) is 4.11. The summed E-state index contributed by atoms with van der Waals surface area (Å²) in [5, 5.41) is 3.68. The molecular formula is C18H22ClIN6. The number of nitrogens with one attached hydrogen (secondary N) is 1. The van der Waals surface area contributed by atoms with Crippen molar-refractivity contribution in [2.24, 2.45) is 5.73 Å². The van der Waals surface area contributed by atoms with E-state index in [2.05, 4.69) is 42.8 Å². The van der Waals surface area contributed by atoms with Gasteiger partial charge in [0, 0.05) is 31.2 Å². The van der Waals surface area contributed by atoms with E-state index in [1.54, 1.807) is 0 Å². The van der Waals surface area contributed by atoms with Gasteiger partial charge in [0.15, 0.2) is 5.15 Å². The van der Waals surface area contributed by atoms with Crippen LogP contribution in [0.4, 0.5) is 17.5 Å². The summed E-state index contributed by atoms with van der Waals surface area (Å²) in [6.45, 7) is 1.74. The molecule has 0 spiro atoms. The van der Waals surface area contributed by atoms with Crippen LogP contribution in [-0.4, -0.2) is 34.1 Å². The Hall–Kier alpha value is -1.19. The lowest BCUT2D eigenvalue weighted by Crippen LogP contribution is -2.26. The molecule has 2 aromatic heterocycles. The number of aromatic nitrogens is 3. The van der Waals surface area contributed by atoms with Crippen LogP contribution in [-0.2, 0) is 0 Å². The summed E-state index contributed by atoms with van der Waals surface area (Å²) in [4.78, 5) is 15.8. The predicted molar refractivity (Wildman–Crippen MR) is 113 cm³/mol. The first kappa shape index (κ1) is 18.2. The van der Waals surface area contributed by atoms with Crippen LogP contribution in [0.15, 0.2) is 18.3 Å². The van der Waals surface area contributed by atoms with Crippen LogP contribution in [0, 0.1) is 3.57 Å². The van der Waals surface area contributed by atoms with E-state index in [1.165, 1.54) is 25.7 Å². The summed E-state index contributed by atoms with van der Waals surface area (Å²) in [7, 11) is 0. The molecule has 1 aliphatic carbocycles. The van der Waals surface area contributed by atoms with E-state index in [1.807, 2.05) is 18.3 Å². The van der Waals surface area contributed by atoms with Crippen LogP contribution in [0.25, 0.3) is 0 Å². The molecular weight excluding hydrogens is 463 g/mol. The number of nitrogens with two attached hydrogens (primary N) is 1. The number of anilines is 3. The highest BCUT2D eigenvalue weighted by molar-refractivity contribution is 14.1. The van der Waals surface area contributed by atoms with Gasteiger partial charge in [-0.15, -0.1) is 0 Å². The Morgan fingerprint density at radius 1 is 1.19 bits per heavy atom. The summed E-state index contributed by atoms with van der Waals surface area (Å²) >= 11 is 8.73. The third-order valence-electron chi connectivity index (χ3n) is 5.15. The first-order valence-corrected chi connectivity index (χ1v) is 10.5. The van der Waals surface area contributed by atoms with E-state index in [0.717, 1.165) is 34.5 Å². The molecule has 0 bridgehead atoms. The highest BCUT2D eigenvalue weighted by atomic mass is 127. The van der Waals surface area contributed by atoms with Crippen LogP contribution < -0.4 is 16.0 Å². The number of nitrogens with zero attached hydrogens (tertiary/aromatic N) is 4. The molecule has 4 rings (SSSR count). The predicted octanol–water partition coefficient (Wildman–Crippen LogP) is 4.07. The first-order valence-electron chi connectivity index (χ1n) is 9.06. The van der Waals surface area contributed by atoms with E-state index in [9.17, 15) is 0 Å². The smallest absolute Gasteiger partial charge is 0.228 e. The largest absolute Gasteiger partial charge is 0.367 e. The maximum atomic E-state index is 6.41. The second kappa shape index (κ2) is 7.82. The molecule has 0 amide bonds. The van der Waals surface area contributed by atoms with Gasteiger partial charge in [-0.2, -0.15) is 0 Å². The Kier molecular flexibility index (Phi) is 5.47. The lowest BCUT2D eigenvalue weighted by atomic mass is 10.0. The summed E-state index contributed by atoms with van der Waals surface area (Å²) in [5.74, 6) is 1.77. The average molecular weight is 485 g/mol. The maximum Gasteiger partial charge on any atom is 0.228 e. The molecule has 8 heteroatoms. The van der Waals surface area contributed by atoms with E-state index >= 15 is 0 Å². The summed E-state index contributed by atoms with van der Waals surface area (Å²) in [6.07, 6.45) is 7.85. The van der Waals surface area contributed by atoms with Crippen LogP contribution in [0.3, 0.4) is 0 Å². The third kappa shape index (κ3) is 3.89. The zero-order chi connectivity index (χ0) is 18.1. The van der Waals surface area contributed by atoms with Gasteiger partial charge in [0.05, 0.1) is 15.0 Å². The van der Waals surface area contributed by atoms with Crippen molar-refractivity contribution in [1.29, 1.82) is 0 Å². The van der Waals surface area contributed by atoms with Crippen LogP contribution >= 0.6 is 34.2 Å². The van der Waals surface area contributed by atoms with E-state index in [-0.39, 0.29) is 6.04 Å². The fraction of sp³-hybridized carbons (Fsp3) is 0.500. The minimum atomic E-state index is 0.207. The van der Waals surface area contributed by atoms with Gasteiger partial charge in [0.2, 0.25) is 5.95 Å². The fourth-order valence-corrected chi connectivity index (χ4v) is 4.75. The highest BCUT2D eigenvalue weighted by Crippen LogP contribution is 2.35. The number of hydrogen-bond donors (Lipinski definition) is 2. The van der Waals surface area contributed by atoms with Crippen molar-refractivity contribution in [2.45, 2.75) is 44.1 Å². The standard InChI is InChI=1S/C18H22ClIN6/c19-17-14(26-8-7-12(21)10-26)5-6-15(23-17)24-18-22-9-13(20)16(25-18)11-3-1-2-4-11/h5-6,9,11-12H,1-4,7-8,10,21H2,(H,22,23,24,25). The molecule has 3 N–H and O–H groups in total. The number of hydrogen-bond acceptors (Lipinski definition) is 6. The zero-order valence-corrected chi connectivity index (χ0v) is 17.4. The van der Waals surface area contributed by atoms with Crippen molar-refractivity contribution in [1.82, 2.24) is 15.0 Å². The third-order valence-corrected chi connectivity index (χ3v) is 6.26. The fourth-order valence-electron chi connectivity index (χ4n) is 3.78. The van der Waals surface area contributed by atoms with Gasteiger partial charge in [-0.3, -0.25) is 0 Å². The quantitative estimate of drug-likeness (QED) is 0.503. The Morgan fingerprint density at radius 3 is 2.69 bits per heavy atom. The van der Waals surface area contributed by atoms with Crippen molar-refractivity contribution in [3.8, 4) is 0 Å². The van der Waals surface area contributed by atoms with E-state index in [4.69, 9.17) is 22.3 Å². The Bertz CT molecular complexity index is 795. The molecule has 26 heavy (non-hydrogen) atoms. The van der Waals surface area contributed by atoms with Crippen LogP contribution in [0.2, 0.25) is 5.15 Å². The molecule has 2 aliphatic rings. The SMILES string of the molecule is NC1CCN(c2ccc(Nc3ncc(I)c(C4CCCC4)n3)nc2Cl)C1.